The fourth-order valence-corrected chi connectivity index (χ4v) is 2.22. The molecule has 0 aliphatic rings. The Bertz CT molecular complexity index is 762. The summed E-state index contributed by atoms with van der Waals surface area (Å²) in [5.74, 6) is -0.0271. The first-order valence-corrected chi connectivity index (χ1v) is 7.05. The summed E-state index contributed by atoms with van der Waals surface area (Å²) in [7, 11) is 4.21. The number of hydrogen-bond donors (Lipinski definition) is 2. The number of carbonyl (C=O) groups excluding carboxylic acids is 1. The van der Waals surface area contributed by atoms with Gasteiger partial charge in [-0.05, 0) is 23.8 Å². The lowest BCUT2D eigenvalue weighted by Gasteiger charge is -2.15. The number of allylic oxidation sites excluding steroid dienone is 1. The molecular weight excluding hydrogens is 312 g/mol. The van der Waals surface area contributed by atoms with Crippen LogP contribution in [0, 0.1) is 0 Å². The van der Waals surface area contributed by atoms with E-state index < -0.39 is 5.78 Å². The summed E-state index contributed by atoms with van der Waals surface area (Å²) < 4.78 is 15.6. The van der Waals surface area contributed by atoms with E-state index in [9.17, 15) is 15.0 Å². The van der Waals surface area contributed by atoms with Gasteiger partial charge in [-0.3, -0.25) is 4.79 Å². The van der Waals surface area contributed by atoms with Gasteiger partial charge in [-0.2, -0.15) is 0 Å². The number of ether oxygens (including phenoxy) is 3. The molecule has 0 saturated heterocycles. The van der Waals surface area contributed by atoms with Gasteiger partial charge >= 0.3 is 0 Å². The number of carbonyl (C=O) groups is 1. The molecule has 2 rings (SSSR count). The molecule has 2 aromatic carbocycles. The van der Waals surface area contributed by atoms with Gasteiger partial charge in [-0.25, -0.2) is 0 Å². The number of phenols is 2. The van der Waals surface area contributed by atoms with Crippen molar-refractivity contribution < 1.29 is 29.2 Å². The van der Waals surface area contributed by atoms with Crippen LogP contribution in [0.4, 0.5) is 0 Å². The van der Waals surface area contributed by atoms with E-state index in [1.807, 2.05) is 0 Å². The first-order chi connectivity index (χ1) is 11.5. The maximum Gasteiger partial charge on any atom is 0.204 e. The number of phenolic OH excluding ortho intramolecular Hbond substituents is 2. The van der Waals surface area contributed by atoms with Crippen LogP contribution in [0.25, 0.3) is 6.08 Å². The number of benzene rings is 2. The molecule has 0 fully saturated rings. The Morgan fingerprint density at radius 3 is 2.12 bits per heavy atom. The van der Waals surface area contributed by atoms with Crippen molar-refractivity contribution in [2.45, 2.75) is 0 Å². The topological polar surface area (TPSA) is 85.2 Å². The summed E-state index contributed by atoms with van der Waals surface area (Å²) in [4.78, 5) is 12.5. The summed E-state index contributed by atoms with van der Waals surface area (Å²) in [6.45, 7) is 0. The first-order valence-electron chi connectivity index (χ1n) is 7.05. The zero-order valence-electron chi connectivity index (χ0n) is 13.6. The third-order valence-corrected chi connectivity index (χ3v) is 3.38. The zero-order valence-corrected chi connectivity index (χ0v) is 13.6. The highest BCUT2D eigenvalue weighted by atomic mass is 16.5. The number of rotatable bonds is 6. The standard InChI is InChI=1S/C18H18O6/c1-22-15-10-14(21)16(18(24-3)17(15)23-2)13(20)9-6-11-4-7-12(19)8-5-11/h4-10,19,21H,1-3H3. The quantitative estimate of drug-likeness (QED) is 0.625. The molecule has 0 bridgehead atoms. The molecule has 0 unspecified atom stereocenters. The Balaban J connectivity index is 2.43. The van der Waals surface area contributed by atoms with Gasteiger partial charge in [0.2, 0.25) is 5.75 Å². The molecule has 0 spiro atoms. The third-order valence-electron chi connectivity index (χ3n) is 3.38. The van der Waals surface area contributed by atoms with Gasteiger partial charge in [0.05, 0.1) is 21.3 Å². The highest BCUT2D eigenvalue weighted by Crippen LogP contribution is 2.44. The predicted molar refractivity (Wildman–Crippen MR) is 89.2 cm³/mol. The van der Waals surface area contributed by atoms with Crippen LogP contribution in [-0.2, 0) is 0 Å². The summed E-state index contributed by atoms with van der Waals surface area (Å²) in [6, 6.07) is 7.63. The second-order valence-electron chi connectivity index (χ2n) is 4.83. The van der Waals surface area contributed by atoms with E-state index in [-0.39, 0.29) is 34.3 Å². The lowest BCUT2D eigenvalue weighted by Crippen LogP contribution is -2.03. The predicted octanol–water partition coefficient (Wildman–Crippen LogP) is 3.02. The van der Waals surface area contributed by atoms with Gasteiger partial charge in [-0.1, -0.05) is 18.2 Å². The van der Waals surface area contributed by atoms with E-state index in [0.29, 0.717) is 0 Å². The van der Waals surface area contributed by atoms with Gasteiger partial charge < -0.3 is 24.4 Å². The van der Waals surface area contributed by atoms with Crippen molar-refractivity contribution in [3.63, 3.8) is 0 Å². The smallest absolute Gasteiger partial charge is 0.204 e. The summed E-state index contributed by atoms with van der Waals surface area (Å²) >= 11 is 0. The minimum Gasteiger partial charge on any atom is -0.508 e. The Kier molecular flexibility index (Phi) is 5.31. The molecular formula is C18H18O6. The Morgan fingerprint density at radius 1 is 0.958 bits per heavy atom. The van der Waals surface area contributed by atoms with E-state index in [1.165, 1.54) is 45.6 Å². The van der Waals surface area contributed by atoms with Crippen LogP contribution < -0.4 is 14.2 Å². The second kappa shape index (κ2) is 7.41. The van der Waals surface area contributed by atoms with Gasteiger partial charge in [0.1, 0.15) is 17.1 Å². The van der Waals surface area contributed by atoms with Crippen molar-refractivity contribution in [1.82, 2.24) is 0 Å². The van der Waals surface area contributed by atoms with Crippen LogP contribution >= 0.6 is 0 Å². The summed E-state index contributed by atoms with van der Waals surface area (Å²) in [6.07, 6.45) is 2.87. The van der Waals surface area contributed by atoms with Crippen LogP contribution in [0.2, 0.25) is 0 Å². The molecule has 24 heavy (non-hydrogen) atoms. The van der Waals surface area contributed by atoms with Gasteiger partial charge in [0.25, 0.3) is 0 Å². The lowest BCUT2D eigenvalue weighted by atomic mass is 10.0. The van der Waals surface area contributed by atoms with Gasteiger partial charge in [0, 0.05) is 6.07 Å². The number of ketones is 1. The Hall–Kier alpha value is -3.15. The van der Waals surface area contributed by atoms with E-state index in [4.69, 9.17) is 14.2 Å². The van der Waals surface area contributed by atoms with Crippen LogP contribution in [0.15, 0.2) is 36.4 Å². The minimum atomic E-state index is -0.460. The maximum absolute atomic E-state index is 12.5. The molecule has 2 aromatic rings. The monoisotopic (exact) mass is 330 g/mol. The molecule has 6 heteroatoms. The average molecular weight is 330 g/mol. The van der Waals surface area contributed by atoms with Crippen molar-refractivity contribution in [3.8, 4) is 28.7 Å². The molecule has 0 aromatic heterocycles. The van der Waals surface area contributed by atoms with Crippen molar-refractivity contribution >= 4 is 11.9 Å². The number of hydrogen-bond acceptors (Lipinski definition) is 6. The molecule has 6 nitrogen and oxygen atoms in total. The SMILES string of the molecule is COc1cc(O)c(C(=O)C=Cc2ccc(O)cc2)c(OC)c1OC. The average Bonchev–Trinajstić information content (AvgIpc) is 2.59. The van der Waals surface area contributed by atoms with Crippen LogP contribution in [0.5, 0.6) is 28.7 Å². The minimum absolute atomic E-state index is 0.0230. The van der Waals surface area contributed by atoms with Crippen LogP contribution in [0.1, 0.15) is 15.9 Å². The number of aromatic hydroxyl groups is 2. The highest BCUT2D eigenvalue weighted by molar-refractivity contribution is 6.11. The van der Waals surface area contributed by atoms with Gasteiger partial charge in [-0.15, -0.1) is 0 Å². The molecule has 0 radical (unpaired) electrons. The van der Waals surface area contributed by atoms with E-state index in [2.05, 4.69) is 0 Å². The molecule has 0 saturated carbocycles. The highest BCUT2D eigenvalue weighted by Gasteiger charge is 2.24. The Morgan fingerprint density at radius 2 is 1.58 bits per heavy atom. The van der Waals surface area contributed by atoms with E-state index in [1.54, 1.807) is 18.2 Å². The molecule has 0 heterocycles. The summed E-state index contributed by atoms with van der Waals surface area (Å²) in [5.41, 5.74) is 0.699. The van der Waals surface area contributed by atoms with E-state index in [0.717, 1.165) is 5.56 Å². The molecule has 2 N–H and O–H groups in total. The largest absolute Gasteiger partial charge is 0.508 e. The van der Waals surface area contributed by atoms with Gasteiger partial charge in [0.15, 0.2) is 17.3 Å². The second-order valence-corrected chi connectivity index (χ2v) is 4.83. The normalized spacial score (nSPS) is 10.6. The number of methoxy groups -OCH3 is 3. The fourth-order valence-electron chi connectivity index (χ4n) is 2.22. The van der Waals surface area contributed by atoms with Crippen molar-refractivity contribution in [2.24, 2.45) is 0 Å². The van der Waals surface area contributed by atoms with E-state index >= 15 is 0 Å². The fraction of sp³-hybridized carbons (Fsp3) is 0.167. The molecule has 0 atom stereocenters. The summed E-state index contributed by atoms with van der Waals surface area (Å²) in [5, 5.41) is 19.4. The molecule has 0 amide bonds. The first kappa shape index (κ1) is 17.2. The van der Waals surface area contributed by atoms with Crippen LogP contribution in [0.3, 0.4) is 0 Å². The maximum atomic E-state index is 12.5. The molecule has 0 aliphatic heterocycles. The lowest BCUT2D eigenvalue weighted by molar-refractivity contribution is 0.104. The van der Waals surface area contributed by atoms with Crippen molar-refractivity contribution in [3.05, 3.63) is 47.5 Å². The van der Waals surface area contributed by atoms with Crippen molar-refractivity contribution in [2.75, 3.05) is 21.3 Å². The Labute approximate surface area is 139 Å². The molecule has 126 valence electrons. The molecule has 0 aliphatic carbocycles. The third kappa shape index (κ3) is 3.43. The van der Waals surface area contributed by atoms with Crippen LogP contribution in [-0.4, -0.2) is 37.3 Å². The zero-order chi connectivity index (χ0) is 17.7. The van der Waals surface area contributed by atoms with Crippen molar-refractivity contribution in [1.29, 1.82) is 0 Å².